The molecule has 0 radical (unpaired) electrons. The molecule has 3 aromatic rings. The second-order valence-corrected chi connectivity index (χ2v) is 5.67. The van der Waals surface area contributed by atoms with Crippen molar-refractivity contribution in [2.75, 3.05) is 17.7 Å². The Hall–Kier alpha value is -3.48. The lowest BCUT2D eigenvalue weighted by Crippen LogP contribution is -2.09. The molecule has 26 heavy (non-hydrogen) atoms. The van der Waals surface area contributed by atoms with Gasteiger partial charge in [-0.15, -0.1) is 5.10 Å². The van der Waals surface area contributed by atoms with Gasteiger partial charge in [-0.25, -0.2) is 4.79 Å². The number of carbonyl (C=O) groups is 1. The van der Waals surface area contributed by atoms with Gasteiger partial charge >= 0.3 is 5.97 Å². The lowest BCUT2D eigenvalue weighted by molar-refractivity contribution is 0.0602. The van der Waals surface area contributed by atoms with E-state index in [4.69, 9.17) is 4.74 Å². The molecule has 2 N–H and O–H groups in total. The number of nitrogens with one attached hydrogen (secondary N) is 2. The van der Waals surface area contributed by atoms with Crippen LogP contribution in [0.3, 0.4) is 0 Å². The molecule has 0 aliphatic carbocycles. The van der Waals surface area contributed by atoms with Crippen molar-refractivity contribution in [1.82, 2.24) is 15.2 Å². The molecule has 1 heterocycles. The zero-order valence-corrected chi connectivity index (χ0v) is 14.6. The van der Waals surface area contributed by atoms with Crippen LogP contribution in [0.2, 0.25) is 0 Å². The molecule has 0 aliphatic heterocycles. The molecule has 2 aromatic carbocycles. The van der Waals surface area contributed by atoms with Crippen LogP contribution < -0.4 is 10.6 Å². The van der Waals surface area contributed by atoms with Crippen molar-refractivity contribution >= 4 is 23.4 Å². The molecule has 7 nitrogen and oxygen atoms in total. The molecule has 3 rings (SSSR count). The Morgan fingerprint density at radius 3 is 2.81 bits per heavy atom. The first-order valence-electron chi connectivity index (χ1n) is 8.09. The molecule has 0 unspecified atom stereocenters. The van der Waals surface area contributed by atoms with E-state index in [2.05, 4.69) is 44.9 Å². The van der Waals surface area contributed by atoms with Gasteiger partial charge in [-0.1, -0.05) is 42.0 Å². The number of ether oxygens (including phenoxy) is 1. The van der Waals surface area contributed by atoms with Crippen LogP contribution in [-0.4, -0.2) is 28.3 Å². The lowest BCUT2D eigenvalue weighted by atomic mass is 10.1. The molecule has 0 bridgehead atoms. The van der Waals surface area contributed by atoms with E-state index < -0.39 is 5.97 Å². The number of aromatic nitrogens is 3. The number of methoxy groups -OCH3 is 1. The Kier molecular flexibility index (Phi) is 5.38. The molecule has 0 saturated carbocycles. The molecule has 0 amide bonds. The average Bonchev–Trinajstić information content (AvgIpc) is 2.67. The van der Waals surface area contributed by atoms with E-state index in [1.807, 2.05) is 18.2 Å². The zero-order valence-electron chi connectivity index (χ0n) is 14.6. The summed E-state index contributed by atoms with van der Waals surface area (Å²) in [6.07, 6.45) is 1.55. The summed E-state index contributed by atoms with van der Waals surface area (Å²) < 4.78 is 4.79. The van der Waals surface area contributed by atoms with E-state index in [1.165, 1.54) is 12.7 Å². The molecule has 0 atom stereocenters. The average molecular weight is 349 g/mol. The van der Waals surface area contributed by atoms with Crippen LogP contribution in [0, 0.1) is 6.92 Å². The minimum Gasteiger partial charge on any atom is -0.465 e. The van der Waals surface area contributed by atoms with Gasteiger partial charge in [0.1, 0.15) is 0 Å². The maximum Gasteiger partial charge on any atom is 0.339 e. The maximum absolute atomic E-state index is 11.8. The van der Waals surface area contributed by atoms with Gasteiger partial charge < -0.3 is 15.4 Å². The normalized spacial score (nSPS) is 10.2. The number of esters is 1. The molecule has 0 saturated heterocycles. The summed E-state index contributed by atoms with van der Waals surface area (Å²) >= 11 is 0. The van der Waals surface area contributed by atoms with Gasteiger partial charge in [-0.3, -0.25) is 0 Å². The van der Waals surface area contributed by atoms with Crippen molar-refractivity contribution < 1.29 is 9.53 Å². The van der Waals surface area contributed by atoms with Crippen molar-refractivity contribution in [2.45, 2.75) is 13.5 Å². The Labute approximate surface area is 151 Å². The quantitative estimate of drug-likeness (QED) is 0.660. The summed E-state index contributed by atoms with van der Waals surface area (Å²) in [6.45, 7) is 2.68. The largest absolute Gasteiger partial charge is 0.465 e. The number of hydrogen-bond acceptors (Lipinski definition) is 7. The molecular weight excluding hydrogens is 330 g/mol. The number of carbonyl (C=O) groups excluding carboxylic acids is 1. The number of nitrogens with zero attached hydrogens (tertiary/aromatic N) is 3. The van der Waals surface area contributed by atoms with Crippen molar-refractivity contribution in [3.63, 3.8) is 0 Å². The minimum absolute atomic E-state index is 0.288. The van der Waals surface area contributed by atoms with Crippen LogP contribution in [0.25, 0.3) is 0 Å². The predicted molar refractivity (Wildman–Crippen MR) is 99.4 cm³/mol. The van der Waals surface area contributed by atoms with E-state index >= 15 is 0 Å². The summed E-state index contributed by atoms with van der Waals surface area (Å²) in [6, 6.07) is 15.2. The summed E-state index contributed by atoms with van der Waals surface area (Å²) in [4.78, 5) is 16.2. The Morgan fingerprint density at radius 2 is 2.00 bits per heavy atom. The number of hydrogen-bond donors (Lipinski definition) is 2. The second-order valence-electron chi connectivity index (χ2n) is 5.67. The lowest BCUT2D eigenvalue weighted by Gasteiger charge is -2.10. The number of aryl methyl sites for hydroxylation is 1. The van der Waals surface area contributed by atoms with Crippen molar-refractivity contribution in [3.8, 4) is 0 Å². The summed E-state index contributed by atoms with van der Waals surface area (Å²) in [7, 11) is 1.34. The van der Waals surface area contributed by atoms with Crippen LogP contribution in [0.1, 0.15) is 21.5 Å². The van der Waals surface area contributed by atoms with Crippen molar-refractivity contribution in [3.05, 3.63) is 71.4 Å². The fourth-order valence-corrected chi connectivity index (χ4v) is 2.46. The van der Waals surface area contributed by atoms with E-state index in [0.29, 0.717) is 23.6 Å². The highest BCUT2D eigenvalue weighted by molar-refractivity contribution is 5.96. The molecule has 1 aromatic heterocycles. The van der Waals surface area contributed by atoms with Crippen LogP contribution in [0.15, 0.2) is 54.7 Å². The molecule has 0 aliphatic rings. The fraction of sp³-hybridized carbons (Fsp3) is 0.158. The summed E-state index contributed by atoms with van der Waals surface area (Å²) in [5.41, 5.74) is 3.30. The number of benzene rings is 2. The van der Waals surface area contributed by atoms with E-state index in [1.54, 1.807) is 24.4 Å². The van der Waals surface area contributed by atoms with Gasteiger partial charge in [0.2, 0.25) is 5.95 Å². The van der Waals surface area contributed by atoms with Gasteiger partial charge in [-0.05, 0) is 24.6 Å². The van der Waals surface area contributed by atoms with Gasteiger partial charge in [-0.2, -0.15) is 10.1 Å². The Morgan fingerprint density at radius 1 is 1.15 bits per heavy atom. The smallest absolute Gasteiger partial charge is 0.339 e. The van der Waals surface area contributed by atoms with Crippen LogP contribution in [-0.2, 0) is 11.3 Å². The molecule has 132 valence electrons. The number of para-hydroxylation sites is 1. The third-order valence-corrected chi connectivity index (χ3v) is 3.69. The highest BCUT2D eigenvalue weighted by Crippen LogP contribution is 2.19. The van der Waals surface area contributed by atoms with Crippen LogP contribution in [0.4, 0.5) is 17.5 Å². The third kappa shape index (κ3) is 4.32. The van der Waals surface area contributed by atoms with E-state index in [0.717, 1.165) is 5.56 Å². The first-order valence-corrected chi connectivity index (χ1v) is 8.09. The highest BCUT2D eigenvalue weighted by atomic mass is 16.5. The minimum atomic E-state index is -0.435. The first-order chi connectivity index (χ1) is 12.7. The summed E-state index contributed by atoms with van der Waals surface area (Å²) in [5.74, 6) is 0.435. The maximum atomic E-state index is 11.8. The zero-order chi connectivity index (χ0) is 18.4. The predicted octanol–water partition coefficient (Wildman–Crippen LogP) is 3.32. The monoisotopic (exact) mass is 349 g/mol. The van der Waals surface area contributed by atoms with Crippen molar-refractivity contribution in [1.29, 1.82) is 0 Å². The fourth-order valence-electron chi connectivity index (χ4n) is 2.46. The van der Waals surface area contributed by atoms with Gasteiger partial charge in [0, 0.05) is 6.54 Å². The van der Waals surface area contributed by atoms with Gasteiger partial charge in [0.15, 0.2) is 5.82 Å². The Bertz CT molecular complexity index is 914. The van der Waals surface area contributed by atoms with E-state index in [9.17, 15) is 4.79 Å². The third-order valence-electron chi connectivity index (χ3n) is 3.69. The van der Waals surface area contributed by atoms with Gasteiger partial charge in [0.25, 0.3) is 0 Å². The molecule has 7 heteroatoms. The van der Waals surface area contributed by atoms with Gasteiger partial charge in [0.05, 0.1) is 24.6 Å². The summed E-state index contributed by atoms with van der Waals surface area (Å²) in [5, 5.41) is 14.1. The van der Waals surface area contributed by atoms with Crippen molar-refractivity contribution in [2.24, 2.45) is 0 Å². The number of rotatable bonds is 6. The Balaban J connectivity index is 1.73. The molecule has 0 fully saturated rings. The highest BCUT2D eigenvalue weighted by Gasteiger charge is 2.12. The first kappa shape index (κ1) is 17.3. The van der Waals surface area contributed by atoms with E-state index in [-0.39, 0.29) is 5.95 Å². The van der Waals surface area contributed by atoms with Crippen LogP contribution >= 0.6 is 0 Å². The number of anilines is 3. The molecular formula is C19H19N5O2. The SMILES string of the molecule is COC(=O)c1ccccc1Nc1nncc(NCc2cccc(C)c2)n1. The molecule has 0 spiro atoms. The topological polar surface area (TPSA) is 89.0 Å². The standard InChI is InChI=1S/C19H19N5O2/c1-13-6-5-7-14(10-13)11-20-17-12-21-24-19(23-17)22-16-9-4-3-8-15(16)18(25)26-2/h3-10,12H,11H2,1-2H3,(H2,20,22,23,24). The van der Waals surface area contributed by atoms with Crippen LogP contribution in [0.5, 0.6) is 0 Å². The second kappa shape index (κ2) is 8.06.